The van der Waals surface area contributed by atoms with Gasteiger partial charge in [0.05, 0.1) is 5.03 Å². The van der Waals surface area contributed by atoms with Crippen LogP contribution in [0.15, 0.2) is 41.2 Å². The maximum Gasteiger partial charge on any atom is 0.352 e. The van der Waals surface area contributed by atoms with Crippen LogP contribution in [0.5, 0.6) is 0 Å². The van der Waals surface area contributed by atoms with Crippen LogP contribution < -0.4 is 5.32 Å². The minimum atomic E-state index is -1.08. The molecule has 0 aliphatic heterocycles. The molecule has 1 unspecified atom stereocenters. The summed E-state index contributed by atoms with van der Waals surface area (Å²) in [6.45, 7) is 4.03. The van der Waals surface area contributed by atoms with Gasteiger partial charge in [-0.25, -0.2) is 9.78 Å². The lowest BCUT2D eigenvalue weighted by Gasteiger charge is -2.07. The molecule has 1 amide bonds. The summed E-state index contributed by atoms with van der Waals surface area (Å²) < 4.78 is 0. The number of carbonyl (C=O) groups is 2. The van der Waals surface area contributed by atoms with Crippen molar-refractivity contribution in [3.05, 3.63) is 36.2 Å². The topological polar surface area (TPSA) is 79.3 Å². The largest absolute Gasteiger partial charge is 0.477 e. The van der Waals surface area contributed by atoms with Gasteiger partial charge in [0.25, 0.3) is 0 Å². The number of hydrogen-bond donors (Lipinski definition) is 2. The zero-order chi connectivity index (χ0) is 17.6. The van der Waals surface area contributed by atoms with Crippen molar-refractivity contribution >= 4 is 23.6 Å². The molecule has 6 heteroatoms. The van der Waals surface area contributed by atoms with Crippen molar-refractivity contribution in [1.29, 1.82) is 0 Å². The number of unbranched alkanes of at least 4 members (excludes halogenated alkanes) is 2. The van der Waals surface area contributed by atoms with Gasteiger partial charge in [-0.15, -0.1) is 11.8 Å². The number of aromatic nitrogens is 1. The van der Waals surface area contributed by atoms with Gasteiger partial charge in [-0.2, -0.15) is 0 Å². The third-order valence-electron chi connectivity index (χ3n) is 4.15. The second-order valence-electron chi connectivity index (χ2n) is 6.67. The molecule has 1 aliphatic rings. The van der Waals surface area contributed by atoms with E-state index in [1.165, 1.54) is 0 Å². The SMILES string of the molecule is CC1(C)CC1C(=O)N/C(=C/CCCCSc1ccccn1)C(=O)O. The van der Waals surface area contributed by atoms with Crippen LogP contribution in [0.4, 0.5) is 0 Å². The number of nitrogens with zero attached hydrogens (tertiary/aromatic N) is 1. The van der Waals surface area contributed by atoms with Crippen LogP contribution >= 0.6 is 11.8 Å². The van der Waals surface area contributed by atoms with Gasteiger partial charge in [0.1, 0.15) is 5.70 Å². The van der Waals surface area contributed by atoms with E-state index in [9.17, 15) is 14.7 Å². The quantitative estimate of drug-likeness (QED) is 0.406. The maximum atomic E-state index is 12.0. The molecule has 5 nitrogen and oxygen atoms in total. The first-order valence-corrected chi connectivity index (χ1v) is 9.17. The molecule has 0 aromatic carbocycles. The Morgan fingerprint density at radius 3 is 2.75 bits per heavy atom. The van der Waals surface area contributed by atoms with E-state index in [4.69, 9.17) is 0 Å². The number of nitrogens with one attached hydrogen (secondary N) is 1. The van der Waals surface area contributed by atoms with E-state index in [0.29, 0.717) is 6.42 Å². The third kappa shape index (κ3) is 5.67. The van der Waals surface area contributed by atoms with E-state index in [2.05, 4.69) is 10.3 Å². The molecule has 24 heavy (non-hydrogen) atoms. The minimum absolute atomic E-state index is 0.0000732. The fraction of sp³-hybridized carbons (Fsp3) is 0.500. The van der Waals surface area contributed by atoms with Crippen molar-refractivity contribution in [2.45, 2.75) is 44.6 Å². The average molecular weight is 348 g/mol. The molecule has 0 spiro atoms. The number of pyridine rings is 1. The second-order valence-corrected chi connectivity index (χ2v) is 7.78. The first-order chi connectivity index (χ1) is 11.4. The molecule has 1 fully saturated rings. The molecule has 130 valence electrons. The average Bonchev–Trinajstić information content (AvgIpc) is 3.19. The van der Waals surface area contributed by atoms with E-state index in [1.807, 2.05) is 32.0 Å². The predicted octanol–water partition coefficient (Wildman–Crippen LogP) is 3.47. The first kappa shape index (κ1) is 18.5. The first-order valence-electron chi connectivity index (χ1n) is 8.18. The fourth-order valence-electron chi connectivity index (χ4n) is 2.43. The lowest BCUT2D eigenvalue weighted by atomic mass is 10.1. The van der Waals surface area contributed by atoms with Crippen molar-refractivity contribution < 1.29 is 14.7 Å². The molecule has 1 aromatic heterocycles. The Morgan fingerprint density at radius 2 is 2.17 bits per heavy atom. The van der Waals surface area contributed by atoms with Gasteiger partial charge in [-0.05, 0) is 49.0 Å². The van der Waals surface area contributed by atoms with E-state index in [-0.39, 0.29) is 22.9 Å². The van der Waals surface area contributed by atoms with Crippen LogP contribution in [0.1, 0.15) is 39.5 Å². The van der Waals surface area contributed by atoms with Gasteiger partial charge >= 0.3 is 5.97 Å². The number of allylic oxidation sites excluding steroid dienone is 1. The summed E-state index contributed by atoms with van der Waals surface area (Å²) >= 11 is 1.69. The molecule has 1 atom stereocenters. The van der Waals surface area contributed by atoms with Crippen molar-refractivity contribution in [3.8, 4) is 0 Å². The summed E-state index contributed by atoms with van der Waals surface area (Å²) in [6, 6.07) is 5.82. The van der Waals surface area contributed by atoms with Gasteiger partial charge in [-0.1, -0.05) is 26.0 Å². The molecule has 2 rings (SSSR count). The van der Waals surface area contributed by atoms with E-state index >= 15 is 0 Å². The zero-order valence-electron chi connectivity index (χ0n) is 14.1. The van der Waals surface area contributed by atoms with E-state index in [0.717, 1.165) is 30.0 Å². The lowest BCUT2D eigenvalue weighted by Crippen LogP contribution is -2.29. The smallest absolute Gasteiger partial charge is 0.352 e. The summed E-state index contributed by atoms with van der Waals surface area (Å²) in [7, 11) is 0. The Hall–Kier alpha value is -1.82. The van der Waals surface area contributed by atoms with Crippen LogP contribution in [-0.4, -0.2) is 27.7 Å². The summed E-state index contributed by atoms with van der Waals surface area (Å²) in [4.78, 5) is 27.5. The third-order valence-corrected chi connectivity index (χ3v) is 5.18. The van der Waals surface area contributed by atoms with Gasteiger partial charge in [0, 0.05) is 12.1 Å². The van der Waals surface area contributed by atoms with Gasteiger partial charge in [0.15, 0.2) is 0 Å². The molecule has 0 bridgehead atoms. The number of amides is 1. The fourth-order valence-corrected chi connectivity index (χ4v) is 3.30. The minimum Gasteiger partial charge on any atom is -0.477 e. The molecule has 2 N–H and O–H groups in total. The molecule has 1 aliphatic carbocycles. The predicted molar refractivity (Wildman–Crippen MR) is 94.6 cm³/mol. The molecule has 1 saturated carbocycles. The number of carboxylic acid groups (broad SMARTS) is 1. The Kier molecular flexibility index (Phi) is 6.43. The maximum absolute atomic E-state index is 12.0. The van der Waals surface area contributed by atoms with Crippen LogP contribution in [0, 0.1) is 11.3 Å². The summed E-state index contributed by atoms with van der Waals surface area (Å²) in [5.41, 5.74) is -0.00350. The Labute approximate surface area is 146 Å². The monoisotopic (exact) mass is 348 g/mol. The molecule has 0 saturated heterocycles. The number of carboxylic acids is 1. The number of rotatable bonds is 9. The highest BCUT2D eigenvalue weighted by Crippen LogP contribution is 2.51. The Balaban J connectivity index is 1.69. The number of aliphatic carboxylic acids is 1. The molecule has 1 heterocycles. The summed E-state index contributed by atoms with van der Waals surface area (Å²) in [6.07, 6.45) is 6.68. The Morgan fingerprint density at radius 1 is 1.42 bits per heavy atom. The lowest BCUT2D eigenvalue weighted by molar-refractivity contribution is -0.135. The zero-order valence-corrected chi connectivity index (χ0v) is 14.9. The van der Waals surface area contributed by atoms with Crippen LogP contribution in [-0.2, 0) is 9.59 Å². The van der Waals surface area contributed by atoms with E-state index < -0.39 is 5.97 Å². The van der Waals surface area contributed by atoms with Gasteiger partial charge in [0.2, 0.25) is 5.91 Å². The number of carbonyl (C=O) groups excluding carboxylic acids is 1. The normalized spacial score (nSPS) is 18.9. The molecular formula is C18H24N2O3S. The van der Waals surface area contributed by atoms with Crippen molar-refractivity contribution in [2.75, 3.05) is 5.75 Å². The summed E-state index contributed by atoms with van der Waals surface area (Å²) in [5, 5.41) is 12.8. The highest BCUT2D eigenvalue weighted by molar-refractivity contribution is 7.99. The highest BCUT2D eigenvalue weighted by atomic mass is 32.2. The summed E-state index contributed by atoms with van der Waals surface area (Å²) in [5.74, 6) is -0.394. The standard InChI is InChI=1S/C18H24N2O3S/c1-18(2)12-13(18)16(21)20-14(17(22)23)8-4-3-7-11-24-15-9-5-6-10-19-15/h5-6,8-10,13H,3-4,7,11-12H2,1-2H3,(H,20,21)(H,22,23)/b14-8+. The number of thioether (sulfide) groups is 1. The molecule has 0 radical (unpaired) electrons. The molecule has 1 aromatic rings. The van der Waals surface area contributed by atoms with Crippen LogP contribution in [0.2, 0.25) is 0 Å². The van der Waals surface area contributed by atoms with Crippen LogP contribution in [0.25, 0.3) is 0 Å². The van der Waals surface area contributed by atoms with Crippen LogP contribution in [0.3, 0.4) is 0 Å². The van der Waals surface area contributed by atoms with Crippen molar-refractivity contribution in [1.82, 2.24) is 10.3 Å². The molecular weight excluding hydrogens is 324 g/mol. The Bertz CT molecular complexity index is 614. The van der Waals surface area contributed by atoms with E-state index in [1.54, 1.807) is 24.0 Å². The second kappa shape index (κ2) is 8.33. The number of hydrogen-bond acceptors (Lipinski definition) is 4. The van der Waals surface area contributed by atoms with Crippen molar-refractivity contribution in [2.24, 2.45) is 11.3 Å². The van der Waals surface area contributed by atoms with Crippen molar-refractivity contribution in [3.63, 3.8) is 0 Å². The van der Waals surface area contributed by atoms with Gasteiger partial charge < -0.3 is 10.4 Å². The highest BCUT2D eigenvalue weighted by Gasteiger charge is 2.50. The van der Waals surface area contributed by atoms with Gasteiger partial charge in [-0.3, -0.25) is 4.79 Å².